The molecular weight excluding hydrogens is 230 g/mol. The van der Waals surface area contributed by atoms with Crippen LogP contribution in [-0.4, -0.2) is 26.2 Å². The van der Waals surface area contributed by atoms with Gasteiger partial charge in [0.05, 0.1) is 20.1 Å². The van der Waals surface area contributed by atoms with E-state index in [2.05, 4.69) is 5.32 Å². The average Bonchev–Trinajstić information content (AvgIpc) is 2.38. The number of para-hydroxylation sites is 1. The van der Waals surface area contributed by atoms with Crippen LogP contribution in [0.5, 0.6) is 5.75 Å². The van der Waals surface area contributed by atoms with Crippen LogP contribution in [0.3, 0.4) is 0 Å². The van der Waals surface area contributed by atoms with E-state index in [-0.39, 0.29) is 12.0 Å². The molecule has 4 heteroatoms. The molecule has 1 N–H and O–H groups in total. The Labute approximate surface area is 108 Å². The van der Waals surface area contributed by atoms with Gasteiger partial charge in [-0.3, -0.25) is 4.79 Å². The third kappa shape index (κ3) is 4.37. The van der Waals surface area contributed by atoms with Gasteiger partial charge in [-0.05, 0) is 19.9 Å². The van der Waals surface area contributed by atoms with Crippen molar-refractivity contribution in [3.63, 3.8) is 0 Å². The number of esters is 1. The summed E-state index contributed by atoms with van der Waals surface area (Å²) in [5.41, 5.74) is 1.09. The molecule has 0 aliphatic carbocycles. The van der Waals surface area contributed by atoms with Crippen LogP contribution in [0, 0.1) is 0 Å². The number of carbonyl (C=O) groups is 1. The number of benzene rings is 1. The molecule has 0 saturated carbocycles. The van der Waals surface area contributed by atoms with Crippen LogP contribution in [0.4, 0.5) is 0 Å². The Morgan fingerprint density at radius 3 is 2.78 bits per heavy atom. The molecule has 0 aliphatic heterocycles. The van der Waals surface area contributed by atoms with Gasteiger partial charge in [0.15, 0.2) is 0 Å². The van der Waals surface area contributed by atoms with E-state index in [1.54, 1.807) is 7.11 Å². The number of methoxy groups -OCH3 is 1. The summed E-state index contributed by atoms with van der Waals surface area (Å²) in [4.78, 5) is 11.2. The van der Waals surface area contributed by atoms with Crippen molar-refractivity contribution in [1.82, 2.24) is 5.32 Å². The fourth-order valence-electron chi connectivity index (χ4n) is 1.76. The maximum absolute atomic E-state index is 11.2. The molecule has 0 bridgehead atoms. The van der Waals surface area contributed by atoms with Gasteiger partial charge in [-0.1, -0.05) is 18.2 Å². The van der Waals surface area contributed by atoms with Crippen molar-refractivity contribution in [2.45, 2.75) is 26.3 Å². The van der Waals surface area contributed by atoms with Crippen molar-refractivity contribution >= 4 is 5.97 Å². The molecule has 100 valence electrons. The Bertz CT molecular complexity index is 379. The summed E-state index contributed by atoms with van der Waals surface area (Å²) in [5.74, 6) is 0.686. The molecule has 0 unspecified atom stereocenters. The van der Waals surface area contributed by atoms with E-state index in [0.717, 1.165) is 11.3 Å². The van der Waals surface area contributed by atoms with Crippen LogP contribution >= 0.6 is 0 Å². The summed E-state index contributed by atoms with van der Waals surface area (Å²) >= 11 is 0. The van der Waals surface area contributed by atoms with Gasteiger partial charge in [-0.25, -0.2) is 0 Å². The predicted molar refractivity (Wildman–Crippen MR) is 70.7 cm³/mol. The molecular formula is C14H21NO3. The summed E-state index contributed by atoms with van der Waals surface area (Å²) in [6, 6.07) is 7.99. The van der Waals surface area contributed by atoms with E-state index in [0.29, 0.717) is 19.6 Å². The third-order valence-electron chi connectivity index (χ3n) is 2.69. The van der Waals surface area contributed by atoms with E-state index in [9.17, 15) is 4.79 Å². The summed E-state index contributed by atoms with van der Waals surface area (Å²) in [6.07, 6.45) is 0.382. The predicted octanol–water partition coefficient (Wildman–Crippen LogP) is 2.30. The smallest absolute Gasteiger partial charge is 0.307 e. The Morgan fingerprint density at radius 1 is 1.39 bits per heavy atom. The summed E-state index contributed by atoms with van der Waals surface area (Å²) in [5, 5.41) is 3.28. The largest absolute Gasteiger partial charge is 0.496 e. The topological polar surface area (TPSA) is 47.6 Å². The van der Waals surface area contributed by atoms with Gasteiger partial charge < -0.3 is 14.8 Å². The van der Waals surface area contributed by atoms with Gasteiger partial charge >= 0.3 is 5.97 Å². The lowest BCUT2D eigenvalue weighted by molar-refractivity contribution is -0.143. The second-order valence-electron chi connectivity index (χ2n) is 3.97. The van der Waals surface area contributed by atoms with Crippen molar-refractivity contribution in [3.8, 4) is 5.75 Å². The number of hydrogen-bond acceptors (Lipinski definition) is 4. The molecule has 1 rings (SSSR count). The van der Waals surface area contributed by atoms with Crippen LogP contribution < -0.4 is 10.1 Å². The van der Waals surface area contributed by atoms with Gasteiger partial charge in [0.25, 0.3) is 0 Å². The minimum Gasteiger partial charge on any atom is -0.496 e. The minimum atomic E-state index is -0.169. The zero-order valence-electron chi connectivity index (χ0n) is 11.2. The fourth-order valence-corrected chi connectivity index (χ4v) is 1.76. The van der Waals surface area contributed by atoms with Crippen LogP contribution in [0.15, 0.2) is 24.3 Å². The fraction of sp³-hybridized carbons (Fsp3) is 0.500. The van der Waals surface area contributed by atoms with Crippen LogP contribution in [0.1, 0.15) is 31.9 Å². The highest BCUT2D eigenvalue weighted by atomic mass is 16.5. The molecule has 1 aromatic carbocycles. The lowest BCUT2D eigenvalue weighted by atomic mass is 10.1. The molecule has 0 aliphatic rings. The molecule has 18 heavy (non-hydrogen) atoms. The number of ether oxygens (including phenoxy) is 2. The van der Waals surface area contributed by atoms with Gasteiger partial charge in [0.1, 0.15) is 5.75 Å². The van der Waals surface area contributed by atoms with Gasteiger partial charge in [0.2, 0.25) is 0 Å². The van der Waals surface area contributed by atoms with Crippen molar-refractivity contribution in [2.24, 2.45) is 0 Å². The Kier molecular flexibility index (Phi) is 6.22. The van der Waals surface area contributed by atoms with Crippen molar-refractivity contribution in [2.75, 3.05) is 20.3 Å². The Hall–Kier alpha value is -1.55. The zero-order valence-corrected chi connectivity index (χ0v) is 11.2. The number of carbonyl (C=O) groups excluding carboxylic acids is 1. The molecule has 0 spiro atoms. The molecule has 1 aromatic rings. The number of rotatable bonds is 7. The molecule has 0 aromatic heterocycles. The monoisotopic (exact) mass is 251 g/mol. The summed E-state index contributed by atoms with van der Waals surface area (Å²) in [7, 11) is 1.66. The van der Waals surface area contributed by atoms with E-state index < -0.39 is 0 Å². The van der Waals surface area contributed by atoms with E-state index in [1.165, 1.54) is 0 Å². The van der Waals surface area contributed by atoms with Gasteiger partial charge in [-0.15, -0.1) is 0 Å². The van der Waals surface area contributed by atoms with Crippen molar-refractivity contribution in [3.05, 3.63) is 29.8 Å². The highest BCUT2D eigenvalue weighted by molar-refractivity contribution is 5.69. The molecule has 0 radical (unpaired) electrons. The molecule has 0 saturated heterocycles. The second-order valence-corrected chi connectivity index (χ2v) is 3.97. The third-order valence-corrected chi connectivity index (χ3v) is 2.69. The van der Waals surface area contributed by atoms with E-state index >= 15 is 0 Å². The molecule has 4 nitrogen and oxygen atoms in total. The normalized spacial score (nSPS) is 11.9. The Morgan fingerprint density at radius 2 is 2.11 bits per heavy atom. The summed E-state index contributed by atoms with van der Waals surface area (Å²) < 4.78 is 10.2. The van der Waals surface area contributed by atoms with E-state index in [1.807, 2.05) is 38.1 Å². The highest BCUT2D eigenvalue weighted by Crippen LogP contribution is 2.23. The first-order chi connectivity index (χ1) is 8.69. The van der Waals surface area contributed by atoms with E-state index in [4.69, 9.17) is 9.47 Å². The molecule has 0 heterocycles. The standard InChI is InChI=1S/C14H21NO3/c1-4-18-14(16)9-10-15-11(2)12-7-5-6-8-13(12)17-3/h5-8,11,15H,4,9-10H2,1-3H3/t11-/m0/s1. The first-order valence-electron chi connectivity index (χ1n) is 6.21. The van der Waals surface area contributed by atoms with Gasteiger partial charge in [0, 0.05) is 18.2 Å². The van der Waals surface area contributed by atoms with Crippen LogP contribution in [0.2, 0.25) is 0 Å². The minimum absolute atomic E-state index is 0.135. The Balaban J connectivity index is 2.45. The van der Waals surface area contributed by atoms with Crippen molar-refractivity contribution < 1.29 is 14.3 Å². The number of hydrogen-bond donors (Lipinski definition) is 1. The molecule has 0 fully saturated rings. The first kappa shape index (κ1) is 14.5. The average molecular weight is 251 g/mol. The zero-order chi connectivity index (χ0) is 13.4. The lowest BCUT2D eigenvalue weighted by Gasteiger charge is -2.16. The highest BCUT2D eigenvalue weighted by Gasteiger charge is 2.10. The van der Waals surface area contributed by atoms with Crippen molar-refractivity contribution in [1.29, 1.82) is 0 Å². The SMILES string of the molecule is CCOC(=O)CCN[C@@H](C)c1ccccc1OC. The maximum Gasteiger partial charge on any atom is 0.307 e. The lowest BCUT2D eigenvalue weighted by Crippen LogP contribution is -2.23. The molecule has 0 amide bonds. The maximum atomic E-state index is 11.2. The molecule has 1 atom stereocenters. The summed E-state index contributed by atoms with van der Waals surface area (Å²) in [6.45, 7) is 4.88. The second kappa shape index (κ2) is 7.71. The first-order valence-corrected chi connectivity index (χ1v) is 6.21. The number of nitrogens with one attached hydrogen (secondary N) is 1. The van der Waals surface area contributed by atoms with Gasteiger partial charge in [-0.2, -0.15) is 0 Å². The van der Waals surface area contributed by atoms with Crippen LogP contribution in [-0.2, 0) is 9.53 Å². The quantitative estimate of drug-likeness (QED) is 0.755. The van der Waals surface area contributed by atoms with Crippen LogP contribution in [0.25, 0.3) is 0 Å².